The van der Waals surface area contributed by atoms with Gasteiger partial charge in [-0.05, 0) is 18.4 Å². The van der Waals surface area contributed by atoms with E-state index in [0.29, 0.717) is 12.1 Å². The number of benzene rings is 1. The molecule has 1 aliphatic heterocycles. The fourth-order valence-corrected chi connectivity index (χ4v) is 2.90. The normalized spacial score (nSPS) is 23.5. The Morgan fingerprint density at radius 2 is 2.06 bits per heavy atom. The maximum atomic E-state index is 3.50. The maximum absolute atomic E-state index is 3.50. The van der Waals surface area contributed by atoms with Crippen LogP contribution in [0.2, 0.25) is 0 Å². The number of nitrogens with one attached hydrogen (secondary N) is 1. The summed E-state index contributed by atoms with van der Waals surface area (Å²) >= 11 is 0. The zero-order valence-corrected chi connectivity index (χ0v) is 11.0. The molecule has 0 spiro atoms. The molecule has 0 aliphatic carbocycles. The summed E-state index contributed by atoms with van der Waals surface area (Å²) in [5.41, 5.74) is 1.47. The topological polar surface area (TPSA) is 15.3 Å². The van der Waals surface area contributed by atoms with E-state index in [1.807, 2.05) is 0 Å². The molecule has 1 heterocycles. The standard InChI is InChI=1S/C15H24N2/c1-3-14-12-16-10-11-17(14)15(4-2)13-8-6-5-7-9-13/h5-9,14-16H,3-4,10-12H2,1-2H3. The van der Waals surface area contributed by atoms with E-state index in [0.717, 1.165) is 13.1 Å². The molecule has 2 heteroatoms. The Kier molecular flexibility index (Phi) is 4.57. The first-order chi connectivity index (χ1) is 8.36. The highest BCUT2D eigenvalue weighted by Gasteiger charge is 2.27. The van der Waals surface area contributed by atoms with E-state index in [1.54, 1.807) is 0 Å². The van der Waals surface area contributed by atoms with Crippen molar-refractivity contribution in [2.24, 2.45) is 0 Å². The molecule has 94 valence electrons. The Morgan fingerprint density at radius 1 is 1.29 bits per heavy atom. The lowest BCUT2D eigenvalue weighted by atomic mass is 9.98. The van der Waals surface area contributed by atoms with Crippen LogP contribution in [0.1, 0.15) is 38.3 Å². The van der Waals surface area contributed by atoms with E-state index >= 15 is 0 Å². The van der Waals surface area contributed by atoms with Gasteiger partial charge in [-0.1, -0.05) is 44.2 Å². The molecule has 1 N–H and O–H groups in total. The summed E-state index contributed by atoms with van der Waals surface area (Å²) < 4.78 is 0. The van der Waals surface area contributed by atoms with Crippen molar-refractivity contribution in [1.29, 1.82) is 0 Å². The molecule has 0 saturated carbocycles. The monoisotopic (exact) mass is 232 g/mol. The van der Waals surface area contributed by atoms with Crippen molar-refractivity contribution in [1.82, 2.24) is 10.2 Å². The van der Waals surface area contributed by atoms with Crippen LogP contribution in [0.5, 0.6) is 0 Å². The Balaban J connectivity index is 2.16. The third-order valence-corrected chi connectivity index (χ3v) is 3.84. The van der Waals surface area contributed by atoms with Crippen molar-refractivity contribution < 1.29 is 0 Å². The third kappa shape index (κ3) is 2.88. The number of nitrogens with zero attached hydrogens (tertiary/aromatic N) is 1. The van der Waals surface area contributed by atoms with Crippen LogP contribution < -0.4 is 5.32 Å². The van der Waals surface area contributed by atoms with Gasteiger partial charge in [0.2, 0.25) is 0 Å². The van der Waals surface area contributed by atoms with Crippen LogP contribution in [-0.2, 0) is 0 Å². The van der Waals surface area contributed by atoms with Crippen LogP contribution in [-0.4, -0.2) is 30.6 Å². The minimum Gasteiger partial charge on any atom is -0.314 e. The molecule has 1 aliphatic rings. The van der Waals surface area contributed by atoms with Crippen molar-refractivity contribution in [2.75, 3.05) is 19.6 Å². The largest absolute Gasteiger partial charge is 0.314 e. The molecule has 1 aromatic carbocycles. The van der Waals surface area contributed by atoms with Crippen molar-refractivity contribution in [3.8, 4) is 0 Å². The number of rotatable bonds is 4. The summed E-state index contributed by atoms with van der Waals surface area (Å²) in [6.45, 7) is 8.03. The lowest BCUT2D eigenvalue weighted by Crippen LogP contribution is -2.52. The molecule has 1 fully saturated rings. The molecular weight excluding hydrogens is 208 g/mol. The first-order valence-electron chi connectivity index (χ1n) is 6.88. The lowest BCUT2D eigenvalue weighted by molar-refractivity contribution is 0.0997. The molecule has 2 nitrogen and oxygen atoms in total. The van der Waals surface area contributed by atoms with E-state index in [1.165, 1.54) is 24.9 Å². The van der Waals surface area contributed by atoms with Gasteiger partial charge >= 0.3 is 0 Å². The predicted molar refractivity (Wildman–Crippen MR) is 73.1 cm³/mol. The van der Waals surface area contributed by atoms with E-state index in [4.69, 9.17) is 0 Å². The summed E-state index contributed by atoms with van der Waals surface area (Å²) in [4.78, 5) is 2.69. The highest BCUT2D eigenvalue weighted by molar-refractivity contribution is 5.19. The fraction of sp³-hybridized carbons (Fsp3) is 0.600. The van der Waals surface area contributed by atoms with Crippen LogP contribution in [0.25, 0.3) is 0 Å². The predicted octanol–water partition coefficient (Wildman–Crippen LogP) is 2.82. The SMILES string of the molecule is CCC1CNCCN1C(CC)c1ccccc1. The van der Waals surface area contributed by atoms with E-state index in [2.05, 4.69) is 54.4 Å². The van der Waals surface area contributed by atoms with Crippen molar-refractivity contribution >= 4 is 0 Å². The number of hydrogen-bond donors (Lipinski definition) is 1. The van der Waals surface area contributed by atoms with Gasteiger partial charge < -0.3 is 5.32 Å². The van der Waals surface area contributed by atoms with Gasteiger partial charge in [0.1, 0.15) is 0 Å². The second kappa shape index (κ2) is 6.18. The van der Waals surface area contributed by atoms with Crippen molar-refractivity contribution in [3.63, 3.8) is 0 Å². The molecule has 1 saturated heterocycles. The lowest BCUT2D eigenvalue weighted by Gasteiger charge is -2.41. The Bertz CT molecular complexity index is 323. The molecule has 0 bridgehead atoms. The Hall–Kier alpha value is -0.860. The van der Waals surface area contributed by atoms with Gasteiger partial charge in [-0.3, -0.25) is 4.90 Å². The molecule has 0 aromatic heterocycles. The zero-order chi connectivity index (χ0) is 12.1. The van der Waals surface area contributed by atoms with E-state index < -0.39 is 0 Å². The smallest absolute Gasteiger partial charge is 0.0349 e. The molecule has 1 aromatic rings. The Morgan fingerprint density at radius 3 is 2.71 bits per heavy atom. The maximum Gasteiger partial charge on any atom is 0.0349 e. The summed E-state index contributed by atoms with van der Waals surface area (Å²) in [5.74, 6) is 0. The molecule has 2 atom stereocenters. The number of hydrogen-bond acceptors (Lipinski definition) is 2. The van der Waals surface area contributed by atoms with Crippen molar-refractivity contribution in [2.45, 2.75) is 38.8 Å². The Labute approximate surface area is 105 Å². The van der Waals surface area contributed by atoms with Crippen LogP contribution in [0, 0.1) is 0 Å². The molecule has 2 rings (SSSR count). The second-order valence-corrected chi connectivity index (χ2v) is 4.84. The zero-order valence-electron chi connectivity index (χ0n) is 11.0. The molecular formula is C15H24N2. The second-order valence-electron chi connectivity index (χ2n) is 4.84. The van der Waals surface area contributed by atoms with Gasteiger partial charge in [-0.2, -0.15) is 0 Å². The summed E-state index contributed by atoms with van der Waals surface area (Å²) in [6.07, 6.45) is 2.43. The minimum absolute atomic E-state index is 0.586. The molecule has 0 radical (unpaired) electrons. The molecule has 0 amide bonds. The van der Waals surface area contributed by atoms with Gasteiger partial charge in [-0.25, -0.2) is 0 Å². The van der Waals surface area contributed by atoms with E-state index in [-0.39, 0.29) is 0 Å². The van der Waals surface area contributed by atoms with E-state index in [9.17, 15) is 0 Å². The average Bonchev–Trinajstić information content (AvgIpc) is 2.41. The first kappa shape index (κ1) is 12.6. The van der Waals surface area contributed by atoms with Crippen LogP contribution >= 0.6 is 0 Å². The average molecular weight is 232 g/mol. The highest BCUT2D eigenvalue weighted by atomic mass is 15.2. The van der Waals surface area contributed by atoms with Crippen LogP contribution in [0.15, 0.2) is 30.3 Å². The van der Waals surface area contributed by atoms with Crippen LogP contribution in [0.4, 0.5) is 0 Å². The molecule has 2 unspecified atom stereocenters. The number of piperazine rings is 1. The highest BCUT2D eigenvalue weighted by Crippen LogP contribution is 2.27. The summed E-state index contributed by atoms with van der Waals surface area (Å²) in [6, 6.07) is 12.2. The third-order valence-electron chi connectivity index (χ3n) is 3.84. The van der Waals surface area contributed by atoms with Crippen LogP contribution in [0.3, 0.4) is 0 Å². The summed E-state index contributed by atoms with van der Waals surface area (Å²) in [7, 11) is 0. The quantitative estimate of drug-likeness (QED) is 0.858. The minimum atomic E-state index is 0.586. The first-order valence-corrected chi connectivity index (χ1v) is 6.88. The van der Waals surface area contributed by atoms with Gasteiger partial charge in [0, 0.05) is 31.7 Å². The fourth-order valence-electron chi connectivity index (χ4n) is 2.90. The summed E-state index contributed by atoms with van der Waals surface area (Å²) in [5, 5.41) is 3.50. The molecule has 17 heavy (non-hydrogen) atoms. The van der Waals surface area contributed by atoms with Gasteiger partial charge in [-0.15, -0.1) is 0 Å². The van der Waals surface area contributed by atoms with Gasteiger partial charge in [0.25, 0.3) is 0 Å². The van der Waals surface area contributed by atoms with Gasteiger partial charge in [0.15, 0.2) is 0 Å². The van der Waals surface area contributed by atoms with Gasteiger partial charge in [0.05, 0.1) is 0 Å². The van der Waals surface area contributed by atoms with Crippen molar-refractivity contribution in [3.05, 3.63) is 35.9 Å².